The van der Waals surface area contributed by atoms with Crippen LogP contribution in [0.3, 0.4) is 0 Å². The highest BCUT2D eigenvalue weighted by Crippen LogP contribution is 2.41. The summed E-state index contributed by atoms with van der Waals surface area (Å²) in [5, 5.41) is 0.140. The maximum absolute atomic E-state index is 6.86. The Bertz CT molecular complexity index is 606. The Balaban J connectivity index is 3.23. The van der Waals surface area contributed by atoms with Gasteiger partial charge >= 0.3 is 8.80 Å². The van der Waals surface area contributed by atoms with Crippen LogP contribution in [0.5, 0.6) is 0 Å². The van der Waals surface area contributed by atoms with Crippen LogP contribution in [0.4, 0.5) is 0 Å². The highest BCUT2D eigenvalue weighted by atomic mass is 28.4. The van der Waals surface area contributed by atoms with Crippen molar-refractivity contribution in [1.29, 1.82) is 0 Å². The first-order chi connectivity index (χ1) is 13.5. The van der Waals surface area contributed by atoms with Crippen LogP contribution in [0, 0.1) is 0 Å². The zero-order valence-electron chi connectivity index (χ0n) is 20.0. The molecule has 0 aliphatic heterocycles. The zero-order chi connectivity index (χ0) is 22.1. The first-order valence-electron chi connectivity index (χ1n) is 10.8. The molecule has 0 aliphatic carbocycles. The van der Waals surface area contributed by atoms with E-state index in [2.05, 4.69) is 71.1 Å². The van der Waals surface area contributed by atoms with E-state index in [4.69, 9.17) is 17.7 Å². The van der Waals surface area contributed by atoms with E-state index >= 15 is 0 Å². The molecule has 0 N–H and O–H groups in total. The van der Waals surface area contributed by atoms with Crippen LogP contribution in [-0.2, 0) is 17.7 Å². The van der Waals surface area contributed by atoms with Gasteiger partial charge in [-0.2, -0.15) is 0 Å². The van der Waals surface area contributed by atoms with Gasteiger partial charge in [-0.15, -0.1) is 0 Å². The van der Waals surface area contributed by atoms with Gasteiger partial charge in [0.1, 0.15) is 0 Å². The van der Waals surface area contributed by atoms with Gasteiger partial charge in [-0.3, -0.25) is 0 Å². The summed E-state index contributed by atoms with van der Waals surface area (Å²) < 4.78 is 24.9. The number of allylic oxidation sites excluding steroid dienone is 1. The van der Waals surface area contributed by atoms with E-state index < -0.39 is 17.1 Å². The van der Waals surface area contributed by atoms with E-state index in [-0.39, 0.29) is 11.1 Å². The van der Waals surface area contributed by atoms with Crippen molar-refractivity contribution < 1.29 is 17.7 Å². The summed E-state index contributed by atoms with van der Waals surface area (Å²) in [5.41, 5.74) is 2.36. The Hall–Kier alpha value is -0.766. The number of hydrogen-bond acceptors (Lipinski definition) is 4. The third kappa shape index (κ3) is 7.77. The molecule has 0 spiro atoms. The maximum Gasteiger partial charge on any atom is 0.504 e. The SMILES string of the molecule is CCO[Si](C/C=C(\C)C(O[Si](C)(C)C(C)(C)C)c1ccccc1)(OCC)OCC. The molecular formula is C23H42O4Si2. The van der Waals surface area contributed by atoms with E-state index in [0.717, 1.165) is 0 Å². The number of benzene rings is 1. The van der Waals surface area contributed by atoms with Crippen LogP contribution < -0.4 is 0 Å². The lowest BCUT2D eigenvalue weighted by molar-refractivity contribution is 0.0741. The molecule has 166 valence electrons. The largest absolute Gasteiger partial charge is 0.504 e. The Labute approximate surface area is 181 Å². The minimum atomic E-state index is -2.72. The van der Waals surface area contributed by atoms with Crippen molar-refractivity contribution in [3.05, 3.63) is 47.5 Å². The molecular weight excluding hydrogens is 396 g/mol. The smallest absolute Gasteiger partial charge is 0.406 e. The van der Waals surface area contributed by atoms with Crippen molar-refractivity contribution in [1.82, 2.24) is 0 Å². The van der Waals surface area contributed by atoms with Crippen LogP contribution in [0.15, 0.2) is 42.0 Å². The fraction of sp³-hybridized carbons (Fsp3) is 0.652. The average molecular weight is 439 g/mol. The molecule has 6 heteroatoms. The predicted molar refractivity (Wildman–Crippen MR) is 127 cm³/mol. The standard InChI is InChI=1S/C23H42O4Si2/c1-10-24-29(25-11-2,26-12-3)19-18-20(4)22(21-16-14-13-15-17-21)27-28(8,9)23(5,6)7/h13-18,22H,10-12,19H2,1-9H3/b20-18+. The second kappa shape index (κ2) is 11.6. The first kappa shape index (κ1) is 26.3. The second-order valence-electron chi connectivity index (χ2n) is 8.80. The summed E-state index contributed by atoms with van der Waals surface area (Å²) in [4.78, 5) is 0. The predicted octanol–water partition coefficient (Wildman–Crippen LogP) is 6.74. The van der Waals surface area contributed by atoms with Crippen LogP contribution >= 0.6 is 0 Å². The van der Waals surface area contributed by atoms with Gasteiger partial charge in [-0.25, -0.2) is 0 Å². The lowest BCUT2D eigenvalue weighted by Gasteiger charge is -2.40. The van der Waals surface area contributed by atoms with Gasteiger partial charge in [-0.1, -0.05) is 57.2 Å². The van der Waals surface area contributed by atoms with Crippen LogP contribution in [0.1, 0.15) is 60.1 Å². The van der Waals surface area contributed by atoms with Gasteiger partial charge in [0, 0.05) is 25.9 Å². The van der Waals surface area contributed by atoms with Gasteiger partial charge in [0.25, 0.3) is 0 Å². The summed E-state index contributed by atoms with van der Waals surface area (Å²) in [6, 6.07) is 11.1. The van der Waals surface area contributed by atoms with Gasteiger partial charge in [0.15, 0.2) is 8.32 Å². The molecule has 0 saturated carbocycles. The first-order valence-corrected chi connectivity index (χ1v) is 15.7. The Morgan fingerprint density at radius 1 is 0.931 bits per heavy atom. The molecule has 0 fully saturated rings. The fourth-order valence-electron chi connectivity index (χ4n) is 2.88. The summed E-state index contributed by atoms with van der Waals surface area (Å²) in [7, 11) is -4.68. The molecule has 0 heterocycles. The molecule has 0 radical (unpaired) electrons. The quantitative estimate of drug-likeness (QED) is 0.267. The van der Waals surface area contributed by atoms with Crippen LogP contribution in [0.2, 0.25) is 24.2 Å². The highest BCUT2D eigenvalue weighted by Gasteiger charge is 2.41. The third-order valence-corrected chi connectivity index (χ3v) is 12.8. The molecule has 0 bridgehead atoms. The summed E-state index contributed by atoms with van der Waals surface area (Å²) in [6.45, 7) is 21.3. The summed E-state index contributed by atoms with van der Waals surface area (Å²) >= 11 is 0. The Morgan fingerprint density at radius 2 is 1.41 bits per heavy atom. The average Bonchev–Trinajstić information content (AvgIpc) is 2.65. The maximum atomic E-state index is 6.86. The topological polar surface area (TPSA) is 36.9 Å². The summed E-state index contributed by atoms with van der Waals surface area (Å²) in [5.74, 6) is 0. The lowest BCUT2D eigenvalue weighted by Crippen LogP contribution is -2.45. The lowest BCUT2D eigenvalue weighted by atomic mass is 10.0. The molecule has 4 nitrogen and oxygen atoms in total. The van der Waals surface area contributed by atoms with Gasteiger partial charge < -0.3 is 17.7 Å². The minimum absolute atomic E-state index is 0.0753. The van der Waals surface area contributed by atoms with Gasteiger partial charge in [0.05, 0.1) is 6.10 Å². The van der Waals surface area contributed by atoms with E-state index in [9.17, 15) is 0 Å². The Kier molecular flexibility index (Phi) is 10.5. The van der Waals surface area contributed by atoms with Crippen LogP contribution in [0.25, 0.3) is 0 Å². The molecule has 0 aliphatic rings. The van der Waals surface area contributed by atoms with Gasteiger partial charge in [-0.05, 0) is 57.0 Å². The molecule has 0 aromatic heterocycles. The van der Waals surface area contributed by atoms with Crippen LogP contribution in [-0.4, -0.2) is 36.9 Å². The number of rotatable bonds is 12. The third-order valence-electron chi connectivity index (χ3n) is 5.50. The van der Waals surface area contributed by atoms with Crippen molar-refractivity contribution >= 4 is 17.1 Å². The van der Waals surface area contributed by atoms with E-state index in [1.54, 1.807) is 0 Å². The molecule has 1 rings (SSSR count). The van der Waals surface area contributed by atoms with Gasteiger partial charge in [0.2, 0.25) is 0 Å². The molecule has 1 atom stereocenters. The van der Waals surface area contributed by atoms with E-state index in [0.29, 0.717) is 25.9 Å². The van der Waals surface area contributed by atoms with Crippen molar-refractivity contribution in [2.24, 2.45) is 0 Å². The van der Waals surface area contributed by atoms with Crippen molar-refractivity contribution in [2.45, 2.75) is 78.7 Å². The molecule has 1 aromatic rings. The molecule has 1 aromatic carbocycles. The monoisotopic (exact) mass is 438 g/mol. The highest BCUT2D eigenvalue weighted by molar-refractivity contribution is 6.74. The second-order valence-corrected chi connectivity index (χ2v) is 16.2. The fourth-order valence-corrected chi connectivity index (χ4v) is 6.64. The minimum Gasteiger partial charge on any atom is -0.406 e. The summed E-state index contributed by atoms with van der Waals surface area (Å²) in [6.07, 6.45) is 2.13. The van der Waals surface area contributed by atoms with Crippen molar-refractivity contribution in [3.8, 4) is 0 Å². The van der Waals surface area contributed by atoms with E-state index in [1.807, 2.05) is 26.8 Å². The zero-order valence-corrected chi connectivity index (χ0v) is 22.0. The molecule has 1 unspecified atom stereocenters. The van der Waals surface area contributed by atoms with E-state index in [1.165, 1.54) is 11.1 Å². The molecule has 29 heavy (non-hydrogen) atoms. The normalized spacial score (nSPS) is 14.9. The van der Waals surface area contributed by atoms with Crippen molar-refractivity contribution in [3.63, 3.8) is 0 Å². The molecule has 0 amide bonds. The molecule has 0 saturated heterocycles. The van der Waals surface area contributed by atoms with Crippen molar-refractivity contribution in [2.75, 3.05) is 19.8 Å². The number of hydrogen-bond donors (Lipinski definition) is 0. The Morgan fingerprint density at radius 3 is 1.83 bits per heavy atom.